The molecule has 49 heavy (non-hydrogen) atoms. The number of carbonyl (C=O) groups excluding carboxylic acids is 6. The summed E-state index contributed by atoms with van der Waals surface area (Å²) in [6.07, 6.45) is 0.754. The van der Waals surface area contributed by atoms with E-state index in [1.807, 2.05) is 23.6 Å². The van der Waals surface area contributed by atoms with Crippen LogP contribution < -0.4 is 36.9 Å². The maximum Gasteiger partial charge on any atom is 0.332 e. The molecule has 1 heterocycles. The van der Waals surface area contributed by atoms with Gasteiger partial charge in [-0.05, 0) is 56.8 Å². The summed E-state index contributed by atoms with van der Waals surface area (Å²) in [4.78, 5) is 81.2. The van der Waals surface area contributed by atoms with Crippen molar-refractivity contribution in [3.05, 3.63) is 72.3 Å². The number of nitrogens with one attached hydrogen (secondary N) is 4. The molecule has 3 aromatic rings. The number of ether oxygens (including phenoxy) is 1. The number of rotatable bonds is 11. The Hall–Kier alpha value is -5.83. The number of hydrogen-bond donors (Lipinski definition) is 5. The Morgan fingerprint density at radius 1 is 1.00 bits per heavy atom. The van der Waals surface area contributed by atoms with Gasteiger partial charge >= 0.3 is 12.0 Å². The summed E-state index contributed by atoms with van der Waals surface area (Å²) in [6, 6.07) is 15.8. The van der Waals surface area contributed by atoms with E-state index in [0.29, 0.717) is 16.6 Å². The van der Waals surface area contributed by atoms with E-state index in [2.05, 4.69) is 21.1 Å². The molecule has 0 bridgehead atoms. The summed E-state index contributed by atoms with van der Waals surface area (Å²) in [6.45, 7) is 4.22. The molecular formula is C34H40N8O7. The Kier molecular flexibility index (Phi) is 11.6. The van der Waals surface area contributed by atoms with E-state index < -0.39 is 54.0 Å². The second-order valence-electron chi connectivity index (χ2n) is 12.2. The number of nitrogens with two attached hydrogens (primary N) is 1. The Labute approximate surface area is 283 Å². The number of urea groups is 1. The van der Waals surface area contributed by atoms with Crippen LogP contribution in [0.15, 0.2) is 71.8 Å². The van der Waals surface area contributed by atoms with Gasteiger partial charge in [-0.3, -0.25) is 28.9 Å². The average Bonchev–Trinajstić information content (AvgIpc) is 3.14. The lowest BCUT2D eigenvalue weighted by Crippen LogP contribution is -2.55. The first-order valence-corrected chi connectivity index (χ1v) is 15.5. The minimum Gasteiger partial charge on any atom is -0.460 e. The zero-order valence-corrected chi connectivity index (χ0v) is 27.7. The van der Waals surface area contributed by atoms with Crippen molar-refractivity contribution in [2.24, 2.45) is 10.8 Å². The number of likely N-dealkylation sites (N-methyl/N-ethyl adjacent to an activating group) is 1. The molecule has 0 unspecified atom stereocenters. The normalized spacial score (nSPS) is 15.3. The SMILES string of the molecule is CNCC(=O)N1C[C@H](NC(=O)c2cccc3ccccc23)C(=O)N(CC(=O)N[C@H](/C=N/NC(N)=O)CC(=O)OC(C)(C)C)c2ccccc21. The number of nitrogens with zero attached hydrogens (tertiary/aromatic N) is 3. The molecule has 0 fully saturated rings. The smallest absolute Gasteiger partial charge is 0.332 e. The van der Waals surface area contributed by atoms with Crippen molar-refractivity contribution >= 4 is 64.0 Å². The molecule has 258 valence electrons. The number of para-hydroxylation sites is 2. The largest absolute Gasteiger partial charge is 0.460 e. The molecule has 1 aliphatic heterocycles. The summed E-state index contributed by atoms with van der Waals surface area (Å²) in [5, 5.41) is 13.4. The van der Waals surface area contributed by atoms with Crippen LogP contribution in [0.4, 0.5) is 16.2 Å². The molecule has 4 rings (SSSR count). The fourth-order valence-corrected chi connectivity index (χ4v) is 5.29. The molecule has 0 spiro atoms. The van der Waals surface area contributed by atoms with Gasteiger partial charge in [0.15, 0.2) is 0 Å². The van der Waals surface area contributed by atoms with Crippen molar-refractivity contribution in [2.45, 2.75) is 44.9 Å². The molecule has 6 N–H and O–H groups in total. The standard InChI is InChI=1S/C34H40N8O7/c1-34(2,3)49-30(45)16-22(17-37-40-33(35)48)38-28(43)20-42-27-15-8-7-14-26(27)41(29(44)18-36-4)19-25(32(42)47)39-31(46)24-13-9-11-21-10-5-6-12-23(21)24/h5-15,17,22,25,36H,16,18-20H2,1-4H3,(H,38,43)(H,39,46)(H3,35,40,48)/b37-17+/t22-,25-/m0/s1. The topological polar surface area (TPSA) is 205 Å². The van der Waals surface area contributed by atoms with Crippen LogP contribution >= 0.6 is 0 Å². The van der Waals surface area contributed by atoms with Gasteiger partial charge in [0, 0.05) is 11.8 Å². The van der Waals surface area contributed by atoms with Gasteiger partial charge in [-0.15, -0.1) is 0 Å². The van der Waals surface area contributed by atoms with Crippen molar-refractivity contribution in [3.8, 4) is 0 Å². The van der Waals surface area contributed by atoms with Crippen LogP contribution in [0.1, 0.15) is 37.6 Å². The molecule has 0 saturated heterocycles. The lowest BCUT2D eigenvalue weighted by atomic mass is 10.0. The van der Waals surface area contributed by atoms with Crippen LogP contribution in [-0.2, 0) is 23.9 Å². The maximum absolute atomic E-state index is 14.3. The van der Waals surface area contributed by atoms with Crippen molar-refractivity contribution < 1.29 is 33.5 Å². The Balaban J connectivity index is 1.66. The molecule has 15 heteroatoms. The zero-order chi connectivity index (χ0) is 35.7. The lowest BCUT2D eigenvalue weighted by Gasteiger charge is -2.26. The summed E-state index contributed by atoms with van der Waals surface area (Å²) in [5.41, 5.74) is 7.22. The van der Waals surface area contributed by atoms with E-state index in [4.69, 9.17) is 10.5 Å². The second-order valence-corrected chi connectivity index (χ2v) is 12.2. The zero-order valence-electron chi connectivity index (χ0n) is 27.7. The van der Waals surface area contributed by atoms with Gasteiger partial charge in [0.1, 0.15) is 18.2 Å². The summed E-state index contributed by atoms with van der Waals surface area (Å²) in [7, 11) is 1.61. The Morgan fingerprint density at radius 2 is 1.67 bits per heavy atom. The number of esters is 1. The highest BCUT2D eigenvalue weighted by Crippen LogP contribution is 2.33. The van der Waals surface area contributed by atoms with E-state index in [1.165, 1.54) is 9.80 Å². The van der Waals surface area contributed by atoms with Gasteiger partial charge in [0.25, 0.3) is 11.8 Å². The van der Waals surface area contributed by atoms with Gasteiger partial charge in [-0.1, -0.05) is 48.5 Å². The summed E-state index contributed by atoms with van der Waals surface area (Å²) >= 11 is 0. The van der Waals surface area contributed by atoms with Crippen LogP contribution in [0, 0.1) is 0 Å². The number of benzene rings is 3. The molecular weight excluding hydrogens is 632 g/mol. The van der Waals surface area contributed by atoms with Crippen LogP contribution in [-0.4, -0.2) is 86.2 Å². The number of primary amides is 1. The summed E-state index contributed by atoms with van der Waals surface area (Å²) < 4.78 is 5.36. The van der Waals surface area contributed by atoms with Crippen molar-refractivity contribution in [3.63, 3.8) is 0 Å². The van der Waals surface area contributed by atoms with Gasteiger partial charge in [0.05, 0.1) is 36.9 Å². The third-order valence-corrected chi connectivity index (χ3v) is 7.25. The van der Waals surface area contributed by atoms with Crippen LogP contribution in [0.5, 0.6) is 0 Å². The van der Waals surface area contributed by atoms with Gasteiger partial charge < -0.3 is 31.3 Å². The molecule has 0 saturated carbocycles. The van der Waals surface area contributed by atoms with E-state index in [-0.39, 0.29) is 31.1 Å². The quantitative estimate of drug-likeness (QED) is 0.114. The Morgan fingerprint density at radius 3 is 2.37 bits per heavy atom. The molecule has 15 nitrogen and oxygen atoms in total. The average molecular weight is 673 g/mol. The minimum absolute atomic E-state index is 0.0575. The highest BCUT2D eigenvalue weighted by Gasteiger charge is 2.38. The Bertz CT molecular complexity index is 1770. The second kappa shape index (κ2) is 15.8. The number of hydrazone groups is 1. The first-order chi connectivity index (χ1) is 23.3. The third-order valence-electron chi connectivity index (χ3n) is 7.25. The van der Waals surface area contributed by atoms with Gasteiger partial charge in [-0.25, -0.2) is 10.2 Å². The molecule has 0 radical (unpaired) electrons. The molecule has 1 aliphatic rings. The number of anilines is 2. The van der Waals surface area contributed by atoms with Crippen molar-refractivity contribution in [1.82, 2.24) is 21.4 Å². The molecule has 2 atom stereocenters. The predicted octanol–water partition coefficient (Wildman–Crippen LogP) is 1.41. The maximum atomic E-state index is 14.3. The monoisotopic (exact) mass is 672 g/mol. The predicted molar refractivity (Wildman–Crippen MR) is 184 cm³/mol. The van der Waals surface area contributed by atoms with E-state index in [0.717, 1.165) is 11.6 Å². The van der Waals surface area contributed by atoms with Crippen molar-refractivity contribution in [1.29, 1.82) is 0 Å². The fraction of sp³-hybridized carbons (Fsp3) is 0.324. The van der Waals surface area contributed by atoms with E-state index in [1.54, 1.807) is 76.3 Å². The minimum atomic E-state index is -1.26. The number of carbonyl (C=O) groups is 6. The fourth-order valence-electron chi connectivity index (χ4n) is 5.29. The number of fused-ring (bicyclic) bond motifs is 2. The van der Waals surface area contributed by atoms with Gasteiger partial charge in [0.2, 0.25) is 11.8 Å². The third kappa shape index (κ3) is 9.60. The first kappa shape index (κ1) is 36.0. The number of amides is 6. The van der Waals surface area contributed by atoms with Crippen LogP contribution in [0.3, 0.4) is 0 Å². The molecule has 3 aromatic carbocycles. The van der Waals surface area contributed by atoms with E-state index >= 15 is 0 Å². The first-order valence-electron chi connectivity index (χ1n) is 15.5. The van der Waals surface area contributed by atoms with Crippen molar-refractivity contribution in [2.75, 3.05) is 36.5 Å². The van der Waals surface area contributed by atoms with Crippen LogP contribution in [0.25, 0.3) is 10.8 Å². The van der Waals surface area contributed by atoms with E-state index in [9.17, 15) is 28.8 Å². The van der Waals surface area contributed by atoms with Crippen LogP contribution in [0.2, 0.25) is 0 Å². The molecule has 0 aromatic heterocycles. The number of hydrogen-bond acceptors (Lipinski definition) is 9. The molecule has 0 aliphatic carbocycles. The molecule has 6 amide bonds. The highest BCUT2D eigenvalue weighted by molar-refractivity contribution is 6.13. The van der Waals surface area contributed by atoms with Gasteiger partial charge in [-0.2, -0.15) is 5.10 Å². The highest BCUT2D eigenvalue weighted by atomic mass is 16.6. The lowest BCUT2D eigenvalue weighted by molar-refractivity contribution is -0.155. The summed E-state index contributed by atoms with van der Waals surface area (Å²) in [5.74, 6) is -2.93.